The SMILES string of the molecule is O=c1c2cc(NS(=O)(=O)c3ccc(F)c(Cl)c3)ccc2[nH]n1Cc1ccc(F)c(F)c1. The maximum absolute atomic E-state index is 13.4. The molecule has 31 heavy (non-hydrogen) atoms. The number of aromatic nitrogens is 2. The van der Waals surface area contributed by atoms with Crippen LogP contribution in [0, 0.1) is 17.5 Å². The van der Waals surface area contributed by atoms with Gasteiger partial charge in [0.15, 0.2) is 11.6 Å². The molecule has 0 aliphatic carbocycles. The first-order valence-electron chi connectivity index (χ1n) is 8.78. The highest BCUT2D eigenvalue weighted by molar-refractivity contribution is 7.92. The largest absolute Gasteiger partial charge is 0.295 e. The lowest BCUT2D eigenvalue weighted by atomic mass is 10.2. The van der Waals surface area contributed by atoms with Crippen molar-refractivity contribution in [2.75, 3.05) is 4.72 Å². The third-order valence-corrected chi connectivity index (χ3v) is 6.20. The van der Waals surface area contributed by atoms with Gasteiger partial charge in [-0.05, 0) is 54.1 Å². The van der Waals surface area contributed by atoms with E-state index in [4.69, 9.17) is 11.6 Å². The van der Waals surface area contributed by atoms with Crippen molar-refractivity contribution >= 4 is 38.2 Å². The Balaban J connectivity index is 1.65. The van der Waals surface area contributed by atoms with E-state index in [0.717, 1.165) is 30.3 Å². The average molecular weight is 468 g/mol. The number of aromatic amines is 1. The van der Waals surface area contributed by atoms with Crippen LogP contribution >= 0.6 is 11.6 Å². The van der Waals surface area contributed by atoms with Gasteiger partial charge in [-0.1, -0.05) is 17.7 Å². The van der Waals surface area contributed by atoms with Crippen LogP contribution in [0.4, 0.5) is 18.9 Å². The fourth-order valence-corrected chi connectivity index (χ4v) is 4.33. The Morgan fingerprint density at radius 1 is 0.935 bits per heavy atom. The third kappa shape index (κ3) is 4.17. The van der Waals surface area contributed by atoms with Crippen molar-refractivity contribution in [3.05, 3.63) is 93.0 Å². The molecule has 1 aromatic heterocycles. The summed E-state index contributed by atoms with van der Waals surface area (Å²) in [4.78, 5) is 12.4. The molecule has 0 aliphatic heterocycles. The van der Waals surface area contributed by atoms with E-state index in [1.54, 1.807) is 0 Å². The van der Waals surface area contributed by atoms with Crippen LogP contribution in [0.5, 0.6) is 0 Å². The molecular formula is C20H13ClF3N3O3S. The number of anilines is 1. The van der Waals surface area contributed by atoms with Gasteiger partial charge in [-0.2, -0.15) is 0 Å². The zero-order valence-electron chi connectivity index (χ0n) is 15.5. The Morgan fingerprint density at radius 3 is 2.39 bits per heavy atom. The highest BCUT2D eigenvalue weighted by Crippen LogP contribution is 2.23. The molecule has 160 valence electrons. The van der Waals surface area contributed by atoms with Gasteiger partial charge in [-0.25, -0.2) is 26.3 Å². The number of nitrogens with one attached hydrogen (secondary N) is 2. The van der Waals surface area contributed by atoms with Crippen LogP contribution in [0.25, 0.3) is 10.9 Å². The molecule has 2 N–H and O–H groups in total. The van der Waals surface area contributed by atoms with Gasteiger partial charge in [0.25, 0.3) is 15.6 Å². The van der Waals surface area contributed by atoms with E-state index in [-0.39, 0.29) is 27.5 Å². The zero-order valence-corrected chi connectivity index (χ0v) is 17.1. The number of hydrogen-bond donors (Lipinski definition) is 2. The summed E-state index contributed by atoms with van der Waals surface area (Å²) in [5, 5.41) is 2.67. The van der Waals surface area contributed by atoms with Crippen LogP contribution in [-0.4, -0.2) is 18.2 Å². The van der Waals surface area contributed by atoms with Gasteiger partial charge in [-0.15, -0.1) is 0 Å². The van der Waals surface area contributed by atoms with Crippen molar-refractivity contribution in [1.29, 1.82) is 0 Å². The molecular weight excluding hydrogens is 455 g/mol. The fourth-order valence-electron chi connectivity index (χ4n) is 3.01. The molecule has 11 heteroatoms. The van der Waals surface area contributed by atoms with E-state index in [9.17, 15) is 26.4 Å². The Hall–Kier alpha value is -3.24. The lowest BCUT2D eigenvalue weighted by molar-refractivity contribution is 0.505. The minimum absolute atomic E-state index is 0.0418. The molecule has 4 rings (SSSR count). The lowest BCUT2D eigenvalue weighted by Gasteiger charge is -2.08. The summed E-state index contributed by atoms with van der Waals surface area (Å²) in [6.07, 6.45) is 0. The molecule has 4 aromatic rings. The van der Waals surface area contributed by atoms with Gasteiger partial charge in [0, 0.05) is 5.69 Å². The number of benzene rings is 3. The summed E-state index contributed by atoms with van der Waals surface area (Å²) >= 11 is 5.65. The zero-order chi connectivity index (χ0) is 22.3. The van der Waals surface area contributed by atoms with Crippen molar-refractivity contribution in [3.8, 4) is 0 Å². The number of nitrogens with zero attached hydrogens (tertiary/aromatic N) is 1. The quantitative estimate of drug-likeness (QED) is 0.460. The molecule has 0 saturated heterocycles. The first kappa shape index (κ1) is 21.0. The van der Waals surface area contributed by atoms with E-state index in [1.807, 2.05) is 0 Å². The molecule has 0 unspecified atom stereocenters. The summed E-state index contributed by atoms with van der Waals surface area (Å²) in [6, 6.07) is 10.5. The van der Waals surface area contributed by atoms with Crippen LogP contribution in [0.1, 0.15) is 5.56 Å². The van der Waals surface area contributed by atoms with Gasteiger partial charge in [0.05, 0.1) is 27.4 Å². The average Bonchev–Trinajstić information content (AvgIpc) is 3.02. The normalized spacial score (nSPS) is 11.7. The summed E-state index contributed by atoms with van der Waals surface area (Å²) in [5.74, 6) is -2.78. The molecule has 0 spiro atoms. The Labute approximate surface area is 178 Å². The van der Waals surface area contributed by atoms with Crippen molar-refractivity contribution < 1.29 is 21.6 Å². The number of hydrogen-bond acceptors (Lipinski definition) is 3. The van der Waals surface area contributed by atoms with Crippen LogP contribution < -0.4 is 10.3 Å². The first-order chi connectivity index (χ1) is 14.6. The number of rotatable bonds is 5. The molecule has 3 aromatic carbocycles. The summed E-state index contributed by atoms with van der Waals surface area (Å²) in [5.41, 5.74) is 0.400. The molecule has 0 saturated carbocycles. The molecule has 0 radical (unpaired) electrons. The predicted molar refractivity (Wildman–Crippen MR) is 110 cm³/mol. The fraction of sp³-hybridized carbons (Fsp3) is 0.0500. The minimum atomic E-state index is -4.08. The molecule has 0 atom stereocenters. The maximum atomic E-state index is 13.4. The first-order valence-corrected chi connectivity index (χ1v) is 10.6. The van der Waals surface area contributed by atoms with Crippen LogP contribution in [0.2, 0.25) is 5.02 Å². The van der Waals surface area contributed by atoms with Crippen molar-refractivity contribution in [2.24, 2.45) is 0 Å². The third-order valence-electron chi connectivity index (χ3n) is 4.53. The van der Waals surface area contributed by atoms with Crippen LogP contribution in [0.3, 0.4) is 0 Å². The van der Waals surface area contributed by atoms with Gasteiger partial charge in [0.2, 0.25) is 0 Å². The maximum Gasteiger partial charge on any atom is 0.274 e. The number of fused-ring (bicyclic) bond motifs is 1. The second-order valence-electron chi connectivity index (χ2n) is 6.69. The van der Waals surface area contributed by atoms with Gasteiger partial charge < -0.3 is 0 Å². The highest BCUT2D eigenvalue weighted by atomic mass is 35.5. The van der Waals surface area contributed by atoms with Crippen molar-refractivity contribution in [3.63, 3.8) is 0 Å². The van der Waals surface area contributed by atoms with Crippen molar-refractivity contribution in [1.82, 2.24) is 9.78 Å². The van der Waals surface area contributed by atoms with E-state index in [2.05, 4.69) is 9.82 Å². The summed E-state index contributed by atoms with van der Waals surface area (Å²) < 4.78 is 68.4. The predicted octanol–water partition coefficient (Wildman–Crippen LogP) is 4.25. The molecule has 0 amide bonds. The molecule has 0 bridgehead atoms. The molecule has 0 aliphatic rings. The van der Waals surface area contributed by atoms with E-state index < -0.39 is 33.0 Å². The Bertz CT molecular complexity index is 1480. The monoisotopic (exact) mass is 467 g/mol. The number of sulfonamides is 1. The summed E-state index contributed by atoms with van der Waals surface area (Å²) in [6.45, 7) is -0.0418. The molecule has 1 heterocycles. The van der Waals surface area contributed by atoms with Crippen molar-refractivity contribution in [2.45, 2.75) is 11.4 Å². The van der Waals surface area contributed by atoms with Crippen LogP contribution in [0.15, 0.2) is 64.3 Å². The smallest absolute Gasteiger partial charge is 0.274 e. The second-order valence-corrected chi connectivity index (χ2v) is 8.78. The molecule has 6 nitrogen and oxygen atoms in total. The number of halogens is 4. The number of H-pyrrole nitrogens is 1. The standard InChI is InChI=1S/C20H13ClF3N3O3S/c21-15-9-13(3-5-16(15)22)31(29,30)26-12-2-6-19-14(8-12)20(28)27(25-19)10-11-1-4-17(23)18(24)7-11/h1-9,25-26H,10H2. The highest BCUT2D eigenvalue weighted by Gasteiger charge is 2.17. The molecule has 0 fully saturated rings. The van der Waals surface area contributed by atoms with Crippen LogP contribution in [-0.2, 0) is 16.6 Å². The Kier molecular flexibility index (Phi) is 5.28. The van der Waals surface area contributed by atoms with E-state index in [1.165, 1.54) is 28.9 Å². The van der Waals surface area contributed by atoms with E-state index >= 15 is 0 Å². The van der Waals surface area contributed by atoms with Gasteiger partial charge in [-0.3, -0.25) is 14.6 Å². The minimum Gasteiger partial charge on any atom is -0.295 e. The van der Waals surface area contributed by atoms with Gasteiger partial charge >= 0.3 is 0 Å². The second kappa shape index (κ2) is 7.78. The van der Waals surface area contributed by atoms with E-state index in [0.29, 0.717) is 11.1 Å². The summed E-state index contributed by atoms with van der Waals surface area (Å²) in [7, 11) is -4.08. The lowest BCUT2D eigenvalue weighted by Crippen LogP contribution is -2.17. The van der Waals surface area contributed by atoms with Gasteiger partial charge in [0.1, 0.15) is 5.82 Å². The topological polar surface area (TPSA) is 84.0 Å². The Morgan fingerprint density at radius 2 is 1.68 bits per heavy atom.